The van der Waals surface area contributed by atoms with E-state index in [4.69, 9.17) is 5.11 Å². The molecular weight excluding hydrogens is 328 g/mol. The average Bonchev–Trinajstić information content (AvgIpc) is 2.79. The molecular formula is C19H21F2NO3. The van der Waals surface area contributed by atoms with Crippen LogP contribution in [0.3, 0.4) is 0 Å². The van der Waals surface area contributed by atoms with Crippen LogP contribution in [0.1, 0.15) is 51.0 Å². The van der Waals surface area contributed by atoms with Crippen molar-refractivity contribution in [1.82, 2.24) is 4.90 Å². The summed E-state index contributed by atoms with van der Waals surface area (Å²) >= 11 is 0. The molecule has 1 aromatic carbocycles. The van der Waals surface area contributed by atoms with E-state index in [9.17, 15) is 18.4 Å². The van der Waals surface area contributed by atoms with Crippen LogP contribution in [0.4, 0.5) is 8.78 Å². The van der Waals surface area contributed by atoms with Gasteiger partial charge in [-0.2, -0.15) is 0 Å². The van der Waals surface area contributed by atoms with Crippen molar-refractivity contribution in [3.05, 3.63) is 46.7 Å². The minimum atomic E-state index is -0.935. The second-order valence-electron chi connectivity index (χ2n) is 7.17. The minimum Gasteiger partial charge on any atom is -0.481 e. The highest BCUT2D eigenvalue weighted by atomic mass is 19.2. The number of halogens is 2. The van der Waals surface area contributed by atoms with Gasteiger partial charge >= 0.3 is 5.97 Å². The molecule has 0 saturated carbocycles. The molecule has 1 atom stereocenters. The molecule has 0 radical (unpaired) electrons. The Kier molecular flexibility index (Phi) is 4.62. The lowest BCUT2D eigenvalue weighted by molar-refractivity contribution is -0.137. The SMILES string of the molecule is CC12CCCC(CCC(=O)O)=C1N(Cc1ccc(F)c(F)c1)C(=O)C2. The van der Waals surface area contributed by atoms with Crippen molar-refractivity contribution in [2.45, 2.75) is 52.0 Å². The van der Waals surface area contributed by atoms with Crippen LogP contribution in [0, 0.1) is 17.0 Å². The first-order valence-corrected chi connectivity index (χ1v) is 8.49. The molecule has 1 aliphatic carbocycles. The molecule has 1 fully saturated rings. The number of rotatable bonds is 5. The van der Waals surface area contributed by atoms with Crippen molar-refractivity contribution in [2.24, 2.45) is 5.41 Å². The summed E-state index contributed by atoms with van der Waals surface area (Å²) in [6.07, 6.45) is 3.41. The molecule has 0 bridgehead atoms. The van der Waals surface area contributed by atoms with E-state index in [2.05, 4.69) is 0 Å². The Bertz CT molecular complexity index is 759. The summed E-state index contributed by atoms with van der Waals surface area (Å²) < 4.78 is 26.6. The number of carbonyl (C=O) groups excluding carboxylic acids is 1. The molecule has 1 N–H and O–H groups in total. The zero-order chi connectivity index (χ0) is 18.2. The van der Waals surface area contributed by atoms with E-state index in [1.165, 1.54) is 6.07 Å². The number of carboxylic acids is 1. The third-order valence-corrected chi connectivity index (χ3v) is 5.19. The number of allylic oxidation sites excluding steroid dienone is 2. The van der Waals surface area contributed by atoms with E-state index in [0.29, 0.717) is 18.4 Å². The third-order valence-electron chi connectivity index (χ3n) is 5.19. The highest BCUT2D eigenvalue weighted by Gasteiger charge is 2.47. The van der Waals surface area contributed by atoms with Crippen LogP contribution in [0.5, 0.6) is 0 Å². The van der Waals surface area contributed by atoms with Crippen molar-refractivity contribution < 1.29 is 23.5 Å². The number of hydrogen-bond donors (Lipinski definition) is 1. The first-order valence-electron chi connectivity index (χ1n) is 8.49. The third kappa shape index (κ3) is 3.43. The van der Waals surface area contributed by atoms with Gasteiger partial charge in [0.2, 0.25) is 5.91 Å². The Hall–Kier alpha value is -2.24. The number of benzene rings is 1. The van der Waals surface area contributed by atoms with Crippen molar-refractivity contribution >= 4 is 11.9 Å². The number of aliphatic carboxylic acids is 1. The Balaban J connectivity index is 1.94. The maximum absolute atomic E-state index is 13.5. The van der Waals surface area contributed by atoms with Crippen molar-refractivity contribution in [3.8, 4) is 0 Å². The quantitative estimate of drug-likeness (QED) is 0.874. The normalized spacial score (nSPS) is 23.2. The molecule has 4 nitrogen and oxygen atoms in total. The summed E-state index contributed by atoms with van der Waals surface area (Å²) in [5, 5.41) is 8.98. The molecule has 25 heavy (non-hydrogen) atoms. The van der Waals surface area contributed by atoms with Crippen molar-refractivity contribution in [3.63, 3.8) is 0 Å². The van der Waals surface area contributed by atoms with E-state index in [-0.39, 0.29) is 24.3 Å². The molecule has 0 spiro atoms. The number of nitrogens with zero attached hydrogens (tertiary/aromatic N) is 1. The Morgan fingerprint density at radius 3 is 2.76 bits per heavy atom. The van der Waals surface area contributed by atoms with Gasteiger partial charge in [-0.05, 0) is 49.0 Å². The van der Waals surface area contributed by atoms with E-state index < -0.39 is 17.6 Å². The predicted molar refractivity (Wildman–Crippen MR) is 87.4 cm³/mol. The first kappa shape index (κ1) is 17.6. The van der Waals surface area contributed by atoms with Gasteiger partial charge in [-0.3, -0.25) is 9.59 Å². The minimum absolute atomic E-state index is 0.0299. The highest BCUT2D eigenvalue weighted by Crippen LogP contribution is 2.51. The maximum Gasteiger partial charge on any atom is 0.303 e. The van der Waals surface area contributed by atoms with Crippen LogP contribution in [0.15, 0.2) is 29.5 Å². The number of fused-ring (bicyclic) bond motifs is 1. The molecule has 134 valence electrons. The van der Waals surface area contributed by atoms with Crippen molar-refractivity contribution in [1.29, 1.82) is 0 Å². The topological polar surface area (TPSA) is 57.6 Å². The maximum atomic E-state index is 13.5. The first-order chi connectivity index (χ1) is 11.8. The number of carboxylic acid groups (broad SMARTS) is 1. The fraction of sp³-hybridized carbons (Fsp3) is 0.474. The van der Waals surface area contributed by atoms with Crippen LogP contribution >= 0.6 is 0 Å². The fourth-order valence-corrected chi connectivity index (χ4v) is 4.09. The lowest BCUT2D eigenvalue weighted by Gasteiger charge is -2.35. The summed E-state index contributed by atoms with van der Waals surface area (Å²) in [5.41, 5.74) is 2.13. The van der Waals surface area contributed by atoms with Crippen molar-refractivity contribution in [2.75, 3.05) is 0 Å². The summed E-state index contributed by atoms with van der Waals surface area (Å²) in [6, 6.07) is 3.64. The van der Waals surface area contributed by atoms with E-state index in [1.807, 2.05) is 6.92 Å². The molecule has 3 rings (SSSR count). The Labute approximate surface area is 145 Å². The smallest absolute Gasteiger partial charge is 0.303 e. The van der Waals surface area contributed by atoms with Gasteiger partial charge in [0, 0.05) is 24.0 Å². The molecule has 0 aromatic heterocycles. The van der Waals surface area contributed by atoms with Gasteiger partial charge < -0.3 is 10.0 Å². The number of amides is 1. The highest BCUT2D eigenvalue weighted by molar-refractivity contribution is 5.83. The Morgan fingerprint density at radius 2 is 2.08 bits per heavy atom. The van der Waals surface area contributed by atoms with Gasteiger partial charge in [0.25, 0.3) is 0 Å². The Morgan fingerprint density at radius 1 is 1.32 bits per heavy atom. The predicted octanol–water partition coefficient (Wildman–Crippen LogP) is 4.01. The molecule has 6 heteroatoms. The standard InChI is InChI=1S/C19H21F2NO3/c1-19-8-2-3-13(5-7-17(24)25)18(19)22(16(23)10-19)11-12-4-6-14(20)15(21)9-12/h4,6,9H,2-3,5,7-8,10-11H2,1H3,(H,24,25). The van der Waals surface area contributed by atoms with Crippen LogP contribution in [-0.2, 0) is 16.1 Å². The molecule has 1 aromatic rings. The fourth-order valence-electron chi connectivity index (χ4n) is 4.09. The molecule has 1 amide bonds. The lowest BCUT2D eigenvalue weighted by Crippen LogP contribution is -2.28. The van der Waals surface area contributed by atoms with Gasteiger partial charge in [0.1, 0.15) is 0 Å². The van der Waals surface area contributed by atoms with Gasteiger partial charge in [0.15, 0.2) is 11.6 Å². The second kappa shape index (κ2) is 6.58. The molecule has 1 heterocycles. The molecule has 1 saturated heterocycles. The van der Waals surface area contributed by atoms with Gasteiger partial charge in [-0.25, -0.2) is 8.78 Å². The zero-order valence-corrected chi connectivity index (χ0v) is 14.1. The van der Waals surface area contributed by atoms with Crippen LogP contribution in [0.2, 0.25) is 0 Å². The van der Waals surface area contributed by atoms with Gasteiger partial charge in [0.05, 0.1) is 6.54 Å². The molecule has 1 aliphatic heterocycles. The van der Waals surface area contributed by atoms with E-state index in [1.54, 1.807) is 4.90 Å². The van der Waals surface area contributed by atoms with Crippen LogP contribution < -0.4 is 0 Å². The number of likely N-dealkylation sites (tertiary alicyclic amines) is 1. The summed E-state index contributed by atoms with van der Waals surface area (Å²) in [6.45, 7) is 2.21. The summed E-state index contributed by atoms with van der Waals surface area (Å²) in [4.78, 5) is 25.2. The zero-order valence-electron chi connectivity index (χ0n) is 14.1. The van der Waals surface area contributed by atoms with Gasteiger partial charge in [-0.15, -0.1) is 0 Å². The van der Waals surface area contributed by atoms with Crippen LogP contribution in [0.25, 0.3) is 0 Å². The number of carbonyl (C=O) groups is 2. The monoisotopic (exact) mass is 349 g/mol. The summed E-state index contributed by atoms with van der Waals surface area (Å²) in [5.74, 6) is -2.76. The average molecular weight is 349 g/mol. The molecule has 2 aliphatic rings. The second-order valence-corrected chi connectivity index (χ2v) is 7.17. The van der Waals surface area contributed by atoms with E-state index >= 15 is 0 Å². The van der Waals surface area contributed by atoms with Gasteiger partial charge in [-0.1, -0.05) is 13.0 Å². The van der Waals surface area contributed by atoms with Crippen LogP contribution in [-0.4, -0.2) is 21.9 Å². The lowest BCUT2D eigenvalue weighted by atomic mass is 9.74. The van der Waals surface area contributed by atoms with E-state index in [0.717, 1.165) is 42.7 Å². The summed E-state index contributed by atoms with van der Waals surface area (Å²) in [7, 11) is 0. The molecule has 1 unspecified atom stereocenters. The number of hydrogen-bond acceptors (Lipinski definition) is 2. The largest absolute Gasteiger partial charge is 0.481 e.